The van der Waals surface area contributed by atoms with Gasteiger partial charge in [0.2, 0.25) is 10.0 Å². The predicted molar refractivity (Wildman–Crippen MR) is 78.2 cm³/mol. The molecule has 0 amide bonds. The Morgan fingerprint density at radius 2 is 2.00 bits per heavy atom. The smallest absolute Gasteiger partial charge is 0.243 e. The second kappa shape index (κ2) is 5.81. The fourth-order valence-electron chi connectivity index (χ4n) is 2.38. The van der Waals surface area contributed by atoms with Gasteiger partial charge in [0.1, 0.15) is 5.75 Å². The van der Waals surface area contributed by atoms with Crippen LogP contribution in [0.4, 0.5) is 0 Å². The first-order valence-electron chi connectivity index (χ1n) is 6.22. The highest BCUT2D eigenvalue weighted by atomic mass is 79.9. The Morgan fingerprint density at radius 1 is 1.37 bits per heavy atom. The Bertz CT molecular complexity index is 529. The molecule has 19 heavy (non-hydrogen) atoms. The normalized spacial score (nSPS) is 24.6. The number of nitrogens with zero attached hydrogens (tertiary/aromatic N) is 1. The predicted octanol–water partition coefficient (Wildman–Crippen LogP) is 2.49. The fourth-order valence-corrected chi connectivity index (χ4v) is 5.30. The standard InChI is InChI=1S/C13H18BrNO3S/c1-10-7-8-15(13(10)9-14)19(16,17)12-5-3-11(18-2)4-6-12/h3-6,10,13H,7-9H2,1-2H3. The van der Waals surface area contributed by atoms with Crippen molar-refractivity contribution < 1.29 is 13.2 Å². The number of sulfonamides is 1. The average molecular weight is 348 g/mol. The summed E-state index contributed by atoms with van der Waals surface area (Å²) in [4.78, 5) is 0.327. The van der Waals surface area contributed by atoms with Crippen molar-refractivity contribution in [1.82, 2.24) is 4.31 Å². The molecule has 1 aliphatic rings. The van der Waals surface area contributed by atoms with Crippen LogP contribution in [0.25, 0.3) is 0 Å². The molecule has 0 saturated carbocycles. The second-order valence-electron chi connectivity index (χ2n) is 4.78. The number of methoxy groups -OCH3 is 1. The summed E-state index contributed by atoms with van der Waals surface area (Å²) in [7, 11) is -1.85. The van der Waals surface area contributed by atoms with Crippen LogP contribution in [-0.4, -0.2) is 37.7 Å². The number of hydrogen-bond acceptors (Lipinski definition) is 3. The molecule has 0 aliphatic carbocycles. The maximum atomic E-state index is 12.6. The summed E-state index contributed by atoms with van der Waals surface area (Å²) in [6, 6.07) is 6.59. The minimum atomic E-state index is -3.41. The molecule has 106 valence electrons. The van der Waals surface area contributed by atoms with Crippen molar-refractivity contribution in [2.75, 3.05) is 19.0 Å². The molecule has 2 atom stereocenters. The Labute approximate surface area is 122 Å². The molecule has 1 aromatic carbocycles. The van der Waals surface area contributed by atoms with Crippen LogP contribution in [0.1, 0.15) is 13.3 Å². The van der Waals surface area contributed by atoms with E-state index >= 15 is 0 Å². The van der Waals surface area contributed by atoms with Crippen molar-refractivity contribution in [3.63, 3.8) is 0 Å². The van der Waals surface area contributed by atoms with Gasteiger partial charge in [0.05, 0.1) is 12.0 Å². The zero-order valence-corrected chi connectivity index (χ0v) is 13.4. The van der Waals surface area contributed by atoms with Crippen LogP contribution < -0.4 is 4.74 Å². The van der Waals surface area contributed by atoms with Gasteiger partial charge in [-0.3, -0.25) is 0 Å². The van der Waals surface area contributed by atoms with Gasteiger partial charge in [-0.05, 0) is 36.6 Å². The maximum Gasteiger partial charge on any atom is 0.243 e. The first kappa shape index (κ1) is 14.8. The number of ether oxygens (including phenoxy) is 1. The molecule has 1 fully saturated rings. The van der Waals surface area contributed by atoms with E-state index in [0.717, 1.165) is 6.42 Å². The highest BCUT2D eigenvalue weighted by Gasteiger charge is 2.38. The molecule has 0 radical (unpaired) electrons. The maximum absolute atomic E-state index is 12.6. The van der Waals surface area contributed by atoms with Gasteiger partial charge in [-0.25, -0.2) is 8.42 Å². The molecule has 0 bridgehead atoms. The van der Waals surface area contributed by atoms with Crippen molar-refractivity contribution in [2.45, 2.75) is 24.3 Å². The lowest BCUT2D eigenvalue weighted by molar-refractivity contribution is 0.378. The molecule has 1 aromatic rings. The molecule has 1 aliphatic heterocycles. The van der Waals surface area contributed by atoms with Gasteiger partial charge < -0.3 is 4.74 Å². The van der Waals surface area contributed by atoms with Crippen LogP contribution in [0.15, 0.2) is 29.2 Å². The number of rotatable bonds is 4. The first-order chi connectivity index (χ1) is 9.00. The van der Waals surface area contributed by atoms with E-state index in [1.165, 1.54) is 0 Å². The lowest BCUT2D eigenvalue weighted by Gasteiger charge is -2.24. The molecular weight excluding hydrogens is 330 g/mol. The van der Waals surface area contributed by atoms with Gasteiger partial charge in [0.15, 0.2) is 0 Å². The fraction of sp³-hybridized carbons (Fsp3) is 0.538. The van der Waals surface area contributed by atoms with Gasteiger partial charge in [-0.15, -0.1) is 0 Å². The van der Waals surface area contributed by atoms with E-state index in [-0.39, 0.29) is 6.04 Å². The topological polar surface area (TPSA) is 46.6 Å². The number of halogens is 1. The minimum absolute atomic E-state index is 0.0344. The van der Waals surface area contributed by atoms with E-state index in [1.807, 2.05) is 0 Å². The largest absolute Gasteiger partial charge is 0.497 e. The monoisotopic (exact) mass is 347 g/mol. The second-order valence-corrected chi connectivity index (χ2v) is 7.32. The van der Waals surface area contributed by atoms with Gasteiger partial charge in [-0.1, -0.05) is 22.9 Å². The lowest BCUT2D eigenvalue weighted by atomic mass is 10.1. The highest BCUT2D eigenvalue weighted by Crippen LogP contribution is 2.31. The Balaban J connectivity index is 2.31. The van der Waals surface area contributed by atoms with Gasteiger partial charge in [-0.2, -0.15) is 4.31 Å². The first-order valence-corrected chi connectivity index (χ1v) is 8.78. The van der Waals surface area contributed by atoms with Gasteiger partial charge in [0, 0.05) is 17.9 Å². The summed E-state index contributed by atoms with van der Waals surface area (Å²) in [5.74, 6) is 1.04. The molecule has 1 heterocycles. The van der Waals surface area contributed by atoms with Crippen LogP contribution in [0, 0.1) is 5.92 Å². The van der Waals surface area contributed by atoms with Crippen LogP contribution in [0.5, 0.6) is 5.75 Å². The number of hydrogen-bond donors (Lipinski definition) is 0. The van der Waals surface area contributed by atoms with Gasteiger partial charge >= 0.3 is 0 Å². The number of benzene rings is 1. The zero-order valence-electron chi connectivity index (χ0n) is 11.0. The van der Waals surface area contributed by atoms with E-state index in [1.54, 1.807) is 35.7 Å². The third-order valence-corrected chi connectivity index (χ3v) is 6.26. The molecular formula is C13H18BrNO3S. The summed E-state index contributed by atoms with van der Waals surface area (Å²) in [5, 5.41) is 0.670. The molecule has 0 aromatic heterocycles. The summed E-state index contributed by atoms with van der Waals surface area (Å²) in [6.45, 7) is 2.68. The van der Waals surface area contributed by atoms with Gasteiger partial charge in [0.25, 0.3) is 0 Å². The Morgan fingerprint density at radius 3 is 2.53 bits per heavy atom. The zero-order chi connectivity index (χ0) is 14.0. The summed E-state index contributed by atoms with van der Waals surface area (Å²) < 4.78 is 31.9. The van der Waals surface area contributed by atoms with Crippen molar-refractivity contribution >= 4 is 26.0 Å². The Kier molecular flexibility index (Phi) is 4.53. The summed E-state index contributed by atoms with van der Waals surface area (Å²) in [5.41, 5.74) is 0. The van der Waals surface area contributed by atoms with Crippen molar-refractivity contribution in [3.8, 4) is 5.75 Å². The SMILES string of the molecule is COc1ccc(S(=O)(=O)N2CCC(C)C2CBr)cc1. The molecule has 0 spiro atoms. The summed E-state index contributed by atoms with van der Waals surface area (Å²) in [6.07, 6.45) is 0.908. The lowest BCUT2D eigenvalue weighted by Crippen LogP contribution is -2.38. The van der Waals surface area contributed by atoms with Crippen molar-refractivity contribution in [3.05, 3.63) is 24.3 Å². The third kappa shape index (κ3) is 2.80. The third-order valence-electron chi connectivity index (χ3n) is 3.66. The van der Waals surface area contributed by atoms with E-state index in [9.17, 15) is 8.42 Å². The molecule has 2 unspecified atom stereocenters. The quantitative estimate of drug-likeness (QED) is 0.786. The van der Waals surface area contributed by atoms with E-state index in [2.05, 4.69) is 22.9 Å². The molecule has 0 N–H and O–H groups in total. The molecule has 2 rings (SSSR count). The van der Waals surface area contributed by atoms with Crippen LogP contribution in [0.3, 0.4) is 0 Å². The van der Waals surface area contributed by atoms with E-state index in [0.29, 0.717) is 28.4 Å². The van der Waals surface area contributed by atoms with Crippen molar-refractivity contribution in [2.24, 2.45) is 5.92 Å². The Hall–Kier alpha value is -0.590. The van der Waals surface area contributed by atoms with E-state index in [4.69, 9.17) is 4.74 Å². The average Bonchev–Trinajstić information content (AvgIpc) is 2.80. The highest BCUT2D eigenvalue weighted by molar-refractivity contribution is 9.09. The molecule has 1 saturated heterocycles. The molecule has 4 nitrogen and oxygen atoms in total. The van der Waals surface area contributed by atoms with Crippen molar-refractivity contribution in [1.29, 1.82) is 0 Å². The summed E-state index contributed by atoms with van der Waals surface area (Å²) >= 11 is 3.42. The minimum Gasteiger partial charge on any atom is -0.497 e. The van der Waals surface area contributed by atoms with Crippen LogP contribution in [0.2, 0.25) is 0 Å². The number of alkyl halides is 1. The van der Waals surface area contributed by atoms with E-state index < -0.39 is 10.0 Å². The van der Waals surface area contributed by atoms with Crippen LogP contribution in [-0.2, 0) is 10.0 Å². The molecule has 6 heteroatoms. The van der Waals surface area contributed by atoms with Crippen LogP contribution >= 0.6 is 15.9 Å².